The third kappa shape index (κ3) is 6.48. The fourth-order valence-electron chi connectivity index (χ4n) is 2.88. The fraction of sp³-hybridized carbons (Fsp3) is 0.611. The zero-order valence-electron chi connectivity index (χ0n) is 12.5. The van der Waals surface area contributed by atoms with Gasteiger partial charge in [0.2, 0.25) is 0 Å². The summed E-state index contributed by atoms with van der Waals surface area (Å²) in [6.45, 7) is 0.609. The molecule has 136 valence electrons. The van der Waals surface area contributed by atoms with Gasteiger partial charge in [-0.2, -0.15) is 0 Å². The second-order valence-electron chi connectivity index (χ2n) is 5.84. The lowest BCUT2D eigenvalue weighted by molar-refractivity contribution is -0.384. The number of benzene rings is 1. The van der Waals surface area contributed by atoms with Gasteiger partial charge in [-0.3, -0.25) is 14.9 Å². The van der Waals surface area contributed by atoms with Crippen molar-refractivity contribution in [3.05, 3.63) is 38.9 Å². The Morgan fingerprint density at radius 2 is 1.75 bits per heavy atom. The SMILES string of the molecule is C.C.O=C(NCC1CCCCCCC1)c1cc([N+](=O)[O-])ccc1Cl. The zero-order valence-corrected chi connectivity index (χ0v) is 13.3. The number of non-ortho nitro benzene ring substituents is 1. The molecular weight excluding hydrogens is 328 g/mol. The molecule has 0 saturated heterocycles. The van der Waals surface area contributed by atoms with Crippen molar-refractivity contribution in [3.8, 4) is 0 Å². The fourth-order valence-corrected chi connectivity index (χ4v) is 3.08. The molecule has 0 atom stereocenters. The minimum atomic E-state index is -0.526. The largest absolute Gasteiger partial charge is 0.352 e. The summed E-state index contributed by atoms with van der Waals surface area (Å²) in [6.07, 6.45) is 8.51. The molecule has 2 rings (SSSR count). The van der Waals surface area contributed by atoms with Crippen molar-refractivity contribution >= 4 is 23.2 Å². The van der Waals surface area contributed by atoms with Gasteiger partial charge in [0.1, 0.15) is 0 Å². The first-order valence-corrected chi connectivity index (χ1v) is 8.18. The quantitative estimate of drug-likeness (QED) is 0.562. The van der Waals surface area contributed by atoms with Crippen LogP contribution in [0.5, 0.6) is 0 Å². The number of carbonyl (C=O) groups is 1. The molecule has 1 saturated carbocycles. The van der Waals surface area contributed by atoms with E-state index in [9.17, 15) is 14.9 Å². The van der Waals surface area contributed by atoms with Crippen molar-refractivity contribution in [3.63, 3.8) is 0 Å². The second kappa shape index (κ2) is 11.0. The van der Waals surface area contributed by atoms with Crippen LogP contribution in [-0.2, 0) is 0 Å². The van der Waals surface area contributed by atoms with Crippen LogP contribution >= 0.6 is 11.6 Å². The summed E-state index contributed by atoms with van der Waals surface area (Å²) < 4.78 is 0. The minimum Gasteiger partial charge on any atom is -0.352 e. The van der Waals surface area contributed by atoms with Crippen molar-refractivity contribution in [2.45, 2.75) is 59.8 Å². The molecule has 0 radical (unpaired) electrons. The van der Waals surface area contributed by atoms with Gasteiger partial charge in [0.25, 0.3) is 11.6 Å². The molecule has 0 heterocycles. The Morgan fingerprint density at radius 3 is 2.33 bits per heavy atom. The Bertz CT molecular complexity index is 541. The van der Waals surface area contributed by atoms with E-state index in [2.05, 4.69) is 5.32 Å². The molecule has 1 aliphatic carbocycles. The van der Waals surface area contributed by atoms with Crippen LogP contribution in [0, 0.1) is 16.0 Å². The van der Waals surface area contributed by atoms with Gasteiger partial charge in [0.15, 0.2) is 0 Å². The number of carbonyl (C=O) groups excluding carboxylic acids is 1. The van der Waals surface area contributed by atoms with Gasteiger partial charge in [0, 0.05) is 18.7 Å². The molecule has 5 nitrogen and oxygen atoms in total. The first kappa shape index (κ1) is 22.4. The first-order valence-electron chi connectivity index (χ1n) is 7.80. The Balaban J connectivity index is 0.00000264. The Labute approximate surface area is 149 Å². The number of nitro groups is 1. The number of nitrogens with one attached hydrogen (secondary N) is 1. The van der Waals surface area contributed by atoms with E-state index in [0.717, 1.165) is 12.8 Å². The maximum Gasteiger partial charge on any atom is 0.270 e. The zero-order chi connectivity index (χ0) is 15.9. The topological polar surface area (TPSA) is 72.2 Å². The van der Waals surface area contributed by atoms with Gasteiger partial charge >= 0.3 is 0 Å². The molecule has 0 aliphatic heterocycles. The molecule has 1 aromatic carbocycles. The van der Waals surface area contributed by atoms with E-state index in [0.29, 0.717) is 12.5 Å². The number of nitrogens with zero attached hydrogens (tertiary/aromatic N) is 1. The van der Waals surface area contributed by atoms with Crippen LogP contribution in [0.4, 0.5) is 5.69 Å². The van der Waals surface area contributed by atoms with Gasteiger partial charge in [-0.25, -0.2) is 0 Å². The van der Waals surface area contributed by atoms with Crippen molar-refractivity contribution < 1.29 is 9.72 Å². The van der Waals surface area contributed by atoms with Crippen LogP contribution in [0.25, 0.3) is 0 Å². The normalized spacial score (nSPS) is 15.2. The van der Waals surface area contributed by atoms with Crippen LogP contribution in [-0.4, -0.2) is 17.4 Å². The van der Waals surface area contributed by atoms with Crippen LogP contribution in [0.1, 0.15) is 70.2 Å². The predicted molar refractivity (Wildman–Crippen MR) is 99.7 cm³/mol. The van der Waals surface area contributed by atoms with E-state index in [1.807, 2.05) is 0 Å². The molecule has 24 heavy (non-hydrogen) atoms. The summed E-state index contributed by atoms with van der Waals surface area (Å²) in [7, 11) is 0. The lowest BCUT2D eigenvalue weighted by Crippen LogP contribution is -2.30. The van der Waals surface area contributed by atoms with E-state index in [1.165, 1.54) is 50.3 Å². The number of amides is 1. The highest BCUT2D eigenvalue weighted by molar-refractivity contribution is 6.33. The number of nitro benzene ring substituents is 1. The van der Waals surface area contributed by atoms with Crippen LogP contribution < -0.4 is 5.32 Å². The standard InChI is InChI=1S/C16H21ClN2O3.2CH4/c17-15-9-8-13(19(21)22)10-14(15)16(20)18-11-12-6-4-2-1-3-5-7-12;;/h8-10,12H,1-7,11H2,(H,18,20);2*1H4. The highest BCUT2D eigenvalue weighted by Gasteiger charge is 2.17. The van der Waals surface area contributed by atoms with Crippen molar-refractivity contribution in [1.29, 1.82) is 0 Å². The molecule has 0 spiro atoms. The van der Waals surface area contributed by atoms with E-state index < -0.39 is 4.92 Å². The molecular formula is C18H29ClN2O3. The average molecular weight is 357 g/mol. The summed E-state index contributed by atoms with van der Waals surface area (Å²) in [5, 5.41) is 13.9. The molecule has 1 aliphatic rings. The van der Waals surface area contributed by atoms with Gasteiger partial charge in [0.05, 0.1) is 15.5 Å². The molecule has 1 aromatic rings. The summed E-state index contributed by atoms with van der Waals surface area (Å²) in [4.78, 5) is 22.5. The highest BCUT2D eigenvalue weighted by Crippen LogP contribution is 2.24. The van der Waals surface area contributed by atoms with Crippen LogP contribution in [0.15, 0.2) is 18.2 Å². The van der Waals surface area contributed by atoms with E-state index >= 15 is 0 Å². The third-order valence-corrected chi connectivity index (χ3v) is 4.51. The lowest BCUT2D eigenvalue weighted by atomic mass is 9.91. The smallest absolute Gasteiger partial charge is 0.270 e. The summed E-state index contributed by atoms with van der Waals surface area (Å²) in [5.41, 5.74) is 0.0437. The molecule has 0 unspecified atom stereocenters. The average Bonchev–Trinajstić information content (AvgIpc) is 2.46. The maximum atomic E-state index is 12.2. The molecule has 1 amide bonds. The van der Waals surface area contributed by atoms with Crippen molar-refractivity contribution in [2.75, 3.05) is 6.54 Å². The molecule has 6 heteroatoms. The van der Waals surface area contributed by atoms with Crippen molar-refractivity contribution in [2.24, 2.45) is 5.92 Å². The summed E-state index contributed by atoms with van der Waals surface area (Å²) in [5.74, 6) is 0.150. The van der Waals surface area contributed by atoms with Crippen LogP contribution in [0.2, 0.25) is 5.02 Å². The van der Waals surface area contributed by atoms with E-state index in [-0.39, 0.29) is 37.0 Å². The Kier molecular flexibility index (Phi) is 10.3. The molecule has 0 aromatic heterocycles. The monoisotopic (exact) mass is 356 g/mol. The summed E-state index contributed by atoms with van der Waals surface area (Å²) >= 11 is 5.98. The van der Waals surface area contributed by atoms with Gasteiger partial charge in [-0.15, -0.1) is 0 Å². The van der Waals surface area contributed by atoms with Crippen LogP contribution in [0.3, 0.4) is 0 Å². The molecule has 0 bridgehead atoms. The summed E-state index contributed by atoms with van der Waals surface area (Å²) in [6, 6.07) is 3.92. The number of rotatable bonds is 4. The Hall–Kier alpha value is -1.62. The lowest BCUT2D eigenvalue weighted by Gasteiger charge is -2.20. The number of hydrogen-bond donors (Lipinski definition) is 1. The third-order valence-electron chi connectivity index (χ3n) is 4.18. The van der Waals surface area contributed by atoms with Crippen molar-refractivity contribution in [1.82, 2.24) is 5.32 Å². The predicted octanol–water partition coefficient (Wildman–Crippen LogP) is 5.61. The minimum absolute atomic E-state index is 0. The maximum absolute atomic E-state index is 12.2. The number of halogens is 1. The molecule has 1 fully saturated rings. The van der Waals surface area contributed by atoms with Gasteiger partial charge in [-0.05, 0) is 24.8 Å². The Morgan fingerprint density at radius 1 is 1.17 bits per heavy atom. The first-order chi connectivity index (χ1) is 10.6. The van der Waals surface area contributed by atoms with E-state index in [1.54, 1.807) is 0 Å². The molecule has 1 N–H and O–H groups in total. The van der Waals surface area contributed by atoms with Gasteiger partial charge < -0.3 is 5.32 Å². The number of hydrogen-bond acceptors (Lipinski definition) is 3. The van der Waals surface area contributed by atoms with E-state index in [4.69, 9.17) is 11.6 Å². The second-order valence-corrected chi connectivity index (χ2v) is 6.25. The highest BCUT2D eigenvalue weighted by atomic mass is 35.5. The van der Waals surface area contributed by atoms with Gasteiger partial charge in [-0.1, -0.05) is 58.6 Å².